The smallest absolute Gasteiger partial charge is 0.0312 e. The average Bonchev–Trinajstić information content (AvgIpc) is 2.42. The van der Waals surface area contributed by atoms with Gasteiger partial charge in [0.2, 0.25) is 0 Å². The van der Waals surface area contributed by atoms with E-state index in [1.54, 1.807) is 0 Å². The normalized spacial score (nSPS) is 27.6. The Morgan fingerprint density at radius 2 is 2.31 bits per heavy atom. The van der Waals surface area contributed by atoms with E-state index in [2.05, 4.69) is 35.1 Å². The lowest BCUT2D eigenvalue weighted by Gasteiger charge is -2.23. The molecule has 1 aromatic heterocycles. The van der Waals surface area contributed by atoms with E-state index in [0.717, 1.165) is 25.6 Å². The number of nitrogens with zero attached hydrogens (tertiary/aromatic N) is 2. The van der Waals surface area contributed by atoms with E-state index >= 15 is 0 Å². The van der Waals surface area contributed by atoms with Gasteiger partial charge in [-0.1, -0.05) is 13.0 Å². The third kappa shape index (κ3) is 3.29. The van der Waals surface area contributed by atoms with Crippen LogP contribution in [-0.2, 0) is 6.54 Å². The largest absolute Gasteiger partial charge is 0.313 e. The second-order valence-corrected chi connectivity index (χ2v) is 4.97. The summed E-state index contributed by atoms with van der Waals surface area (Å²) in [5.41, 5.74) is 1.31. The number of hydrogen-bond acceptors (Lipinski definition) is 3. The highest BCUT2D eigenvalue weighted by molar-refractivity contribution is 5.08. The Labute approximate surface area is 97.9 Å². The maximum absolute atomic E-state index is 4.17. The Morgan fingerprint density at radius 1 is 1.44 bits per heavy atom. The van der Waals surface area contributed by atoms with Gasteiger partial charge in [-0.15, -0.1) is 0 Å². The summed E-state index contributed by atoms with van der Waals surface area (Å²) < 4.78 is 0. The molecular weight excluding hydrogens is 198 g/mol. The first-order chi connectivity index (χ1) is 7.74. The van der Waals surface area contributed by atoms with E-state index in [4.69, 9.17) is 0 Å². The molecule has 0 amide bonds. The van der Waals surface area contributed by atoms with Gasteiger partial charge in [-0.05, 0) is 31.0 Å². The monoisotopic (exact) mass is 219 g/mol. The maximum atomic E-state index is 4.17. The summed E-state index contributed by atoms with van der Waals surface area (Å²) in [6, 6.07) is 4.75. The fourth-order valence-corrected chi connectivity index (χ4v) is 2.31. The van der Waals surface area contributed by atoms with Crippen molar-refractivity contribution >= 4 is 0 Å². The number of hydrogen-bond donors (Lipinski definition) is 1. The summed E-state index contributed by atoms with van der Waals surface area (Å²) in [5, 5.41) is 3.55. The Kier molecular flexibility index (Phi) is 3.91. The van der Waals surface area contributed by atoms with Crippen LogP contribution in [0, 0.1) is 5.92 Å². The van der Waals surface area contributed by atoms with E-state index in [0.29, 0.717) is 6.04 Å². The molecule has 88 valence electrons. The molecule has 1 aromatic rings. The first-order valence-corrected chi connectivity index (χ1v) is 6.08. The first-order valence-electron chi connectivity index (χ1n) is 6.08. The van der Waals surface area contributed by atoms with Crippen LogP contribution < -0.4 is 5.32 Å². The molecular formula is C13H21N3. The first kappa shape index (κ1) is 11.6. The van der Waals surface area contributed by atoms with Crippen LogP contribution in [0.15, 0.2) is 24.5 Å². The van der Waals surface area contributed by atoms with Gasteiger partial charge in [0.25, 0.3) is 0 Å². The van der Waals surface area contributed by atoms with Gasteiger partial charge in [-0.3, -0.25) is 9.88 Å². The molecule has 0 aliphatic carbocycles. The van der Waals surface area contributed by atoms with Gasteiger partial charge in [0.1, 0.15) is 0 Å². The molecule has 2 rings (SSSR count). The van der Waals surface area contributed by atoms with Crippen molar-refractivity contribution in [1.29, 1.82) is 0 Å². The van der Waals surface area contributed by atoms with Crippen LogP contribution in [0.5, 0.6) is 0 Å². The Bertz CT molecular complexity index is 300. The van der Waals surface area contributed by atoms with Gasteiger partial charge in [0, 0.05) is 38.1 Å². The predicted octanol–water partition coefficient (Wildman–Crippen LogP) is 1.51. The molecule has 0 saturated carbocycles. The molecule has 1 aliphatic rings. The number of nitrogens with one attached hydrogen (secondary N) is 1. The molecule has 2 atom stereocenters. The molecule has 0 aromatic carbocycles. The van der Waals surface area contributed by atoms with Crippen LogP contribution >= 0.6 is 0 Å². The lowest BCUT2D eigenvalue weighted by Crippen LogP contribution is -2.34. The van der Waals surface area contributed by atoms with Crippen molar-refractivity contribution in [2.24, 2.45) is 5.92 Å². The zero-order valence-corrected chi connectivity index (χ0v) is 10.2. The topological polar surface area (TPSA) is 28.2 Å². The van der Waals surface area contributed by atoms with Gasteiger partial charge < -0.3 is 5.32 Å². The number of aromatic nitrogens is 1. The van der Waals surface area contributed by atoms with Gasteiger partial charge >= 0.3 is 0 Å². The molecule has 2 unspecified atom stereocenters. The van der Waals surface area contributed by atoms with Gasteiger partial charge in [-0.25, -0.2) is 0 Å². The summed E-state index contributed by atoms with van der Waals surface area (Å²) in [6.07, 6.45) is 3.80. The Hall–Kier alpha value is -0.930. The lowest BCUT2D eigenvalue weighted by molar-refractivity contribution is 0.243. The third-order valence-corrected chi connectivity index (χ3v) is 3.05. The van der Waals surface area contributed by atoms with Crippen molar-refractivity contribution in [2.45, 2.75) is 26.4 Å². The standard InChI is InChI=1S/C13H21N3/c1-11-6-15-12(2)9-16(8-11)10-13-4-3-5-14-7-13/h3-5,7,11-12,15H,6,8-10H2,1-2H3. The Morgan fingerprint density at radius 3 is 3.06 bits per heavy atom. The van der Waals surface area contributed by atoms with E-state index in [1.807, 2.05) is 18.5 Å². The van der Waals surface area contributed by atoms with Crippen molar-refractivity contribution in [3.05, 3.63) is 30.1 Å². The minimum absolute atomic E-state index is 0.585. The molecule has 1 fully saturated rings. The zero-order valence-electron chi connectivity index (χ0n) is 10.2. The van der Waals surface area contributed by atoms with Crippen LogP contribution in [0.1, 0.15) is 19.4 Å². The second-order valence-electron chi connectivity index (χ2n) is 4.97. The minimum Gasteiger partial charge on any atom is -0.313 e. The molecule has 1 N–H and O–H groups in total. The number of pyridine rings is 1. The molecule has 0 radical (unpaired) electrons. The van der Waals surface area contributed by atoms with Gasteiger partial charge in [-0.2, -0.15) is 0 Å². The van der Waals surface area contributed by atoms with E-state index in [9.17, 15) is 0 Å². The van der Waals surface area contributed by atoms with Gasteiger partial charge in [0.15, 0.2) is 0 Å². The molecule has 3 nitrogen and oxygen atoms in total. The van der Waals surface area contributed by atoms with E-state index in [-0.39, 0.29) is 0 Å². The predicted molar refractivity (Wildman–Crippen MR) is 66.1 cm³/mol. The zero-order chi connectivity index (χ0) is 11.4. The van der Waals surface area contributed by atoms with Crippen LogP contribution in [-0.4, -0.2) is 35.6 Å². The molecule has 1 aliphatic heterocycles. The summed E-state index contributed by atoms with van der Waals surface area (Å²) in [6.45, 7) is 9.01. The molecule has 3 heteroatoms. The van der Waals surface area contributed by atoms with E-state index < -0.39 is 0 Å². The Balaban J connectivity index is 1.97. The fourth-order valence-electron chi connectivity index (χ4n) is 2.31. The molecule has 16 heavy (non-hydrogen) atoms. The molecule has 0 bridgehead atoms. The molecule has 0 spiro atoms. The lowest BCUT2D eigenvalue weighted by atomic mass is 10.1. The molecule has 1 saturated heterocycles. The molecule has 2 heterocycles. The van der Waals surface area contributed by atoms with Crippen molar-refractivity contribution in [3.63, 3.8) is 0 Å². The summed E-state index contributed by atoms with van der Waals surface area (Å²) in [7, 11) is 0. The highest BCUT2D eigenvalue weighted by Crippen LogP contribution is 2.10. The summed E-state index contributed by atoms with van der Waals surface area (Å²) in [4.78, 5) is 6.69. The number of rotatable bonds is 2. The highest BCUT2D eigenvalue weighted by Gasteiger charge is 2.18. The quantitative estimate of drug-likeness (QED) is 0.817. The van der Waals surface area contributed by atoms with Crippen LogP contribution in [0.2, 0.25) is 0 Å². The van der Waals surface area contributed by atoms with Crippen LogP contribution in [0.4, 0.5) is 0 Å². The highest BCUT2D eigenvalue weighted by atomic mass is 15.2. The fraction of sp³-hybridized carbons (Fsp3) is 0.615. The average molecular weight is 219 g/mol. The SMILES string of the molecule is CC1CNC(C)CN(Cc2cccnc2)C1. The van der Waals surface area contributed by atoms with Crippen molar-refractivity contribution in [1.82, 2.24) is 15.2 Å². The summed E-state index contributed by atoms with van der Waals surface area (Å²) >= 11 is 0. The summed E-state index contributed by atoms with van der Waals surface area (Å²) in [5.74, 6) is 0.724. The van der Waals surface area contributed by atoms with Gasteiger partial charge in [0.05, 0.1) is 0 Å². The van der Waals surface area contributed by atoms with Crippen LogP contribution in [0.25, 0.3) is 0 Å². The third-order valence-electron chi connectivity index (χ3n) is 3.05. The van der Waals surface area contributed by atoms with Crippen molar-refractivity contribution in [2.75, 3.05) is 19.6 Å². The van der Waals surface area contributed by atoms with Crippen molar-refractivity contribution < 1.29 is 0 Å². The minimum atomic E-state index is 0.585. The second kappa shape index (κ2) is 5.41. The van der Waals surface area contributed by atoms with Crippen LogP contribution in [0.3, 0.4) is 0 Å². The maximum Gasteiger partial charge on any atom is 0.0312 e. The van der Waals surface area contributed by atoms with E-state index in [1.165, 1.54) is 12.1 Å². The van der Waals surface area contributed by atoms with Crippen molar-refractivity contribution in [3.8, 4) is 0 Å².